The van der Waals surface area contributed by atoms with Gasteiger partial charge in [0.2, 0.25) is 0 Å². The molecule has 2 nitrogen and oxygen atoms in total. The zero-order chi connectivity index (χ0) is 25.6. The van der Waals surface area contributed by atoms with Gasteiger partial charge in [-0.3, -0.25) is 0 Å². The molecule has 0 saturated heterocycles. The Hall–Kier alpha value is -3.97. The van der Waals surface area contributed by atoms with Crippen molar-refractivity contribution in [2.75, 3.05) is 6.16 Å². The first-order valence-corrected chi connectivity index (χ1v) is 14.4. The molecule has 0 fully saturated rings. The molecule has 0 heterocycles. The molecule has 0 aromatic heterocycles. The highest BCUT2D eigenvalue weighted by atomic mass is 31.2. The summed E-state index contributed by atoms with van der Waals surface area (Å²) in [5.74, 6) is 1.91. The first-order valence-electron chi connectivity index (χ1n) is 12.4. The fourth-order valence-electron chi connectivity index (χ4n) is 4.77. The van der Waals surface area contributed by atoms with Crippen molar-refractivity contribution in [1.29, 1.82) is 0 Å². The summed E-state index contributed by atoms with van der Waals surface area (Å²) in [5, 5.41) is 13.1. The van der Waals surface area contributed by atoms with Crippen LogP contribution in [0.3, 0.4) is 0 Å². The van der Waals surface area contributed by atoms with E-state index in [0.717, 1.165) is 16.7 Å². The lowest BCUT2D eigenvalue weighted by molar-refractivity contribution is 0.105. The van der Waals surface area contributed by atoms with E-state index in [0.29, 0.717) is 16.4 Å². The fraction of sp³-hybridized carbons (Fsp3) is 0.0588. The minimum atomic E-state index is -3.32. The van der Waals surface area contributed by atoms with E-state index in [1.807, 2.05) is 157 Å². The van der Waals surface area contributed by atoms with E-state index in [2.05, 4.69) is 0 Å². The van der Waals surface area contributed by atoms with Crippen molar-refractivity contribution < 1.29 is 9.67 Å². The van der Waals surface area contributed by atoms with Crippen LogP contribution in [0.25, 0.3) is 5.57 Å². The highest BCUT2D eigenvalue weighted by Gasteiger charge is 2.40. The van der Waals surface area contributed by atoms with E-state index in [4.69, 9.17) is 0 Å². The van der Waals surface area contributed by atoms with Gasteiger partial charge in [-0.1, -0.05) is 152 Å². The Morgan fingerprint density at radius 2 is 0.919 bits per heavy atom. The average molecular weight is 501 g/mol. The molecule has 37 heavy (non-hydrogen) atoms. The topological polar surface area (TPSA) is 37.3 Å². The number of aliphatic hydroxyl groups is 1. The van der Waals surface area contributed by atoms with Gasteiger partial charge >= 0.3 is 0 Å². The molecule has 182 valence electrons. The lowest BCUT2D eigenvalue weighted by Gasteiger charge is -2.33. The molecule has 0 saturated carbocycles. The van der Waals surface area contributed by atoms with Gasteiger partial charge < -0.3 is 9.67 Å². The number of benzene rings is 5. The maximum Gasteiger partial charge on any atom is 0.140 e. The van der Waals surface area contributed by atoms with Crippen LogP contribution in [0.4, 0.5) is 0 Å². The van der Waals surface area contributed by atoms with Gasteiger partial charge in [-0.25, -0.2) is 0 Å². The summed E-state index contributed by atoms with van der Waals surface area (Å²) in [6, 6.07) is 48.7. The minimum Gasteiger partial charge on any atom is -0.380 e. The van der Waals surface area contributed by atoms with Gasteiger partial charge in [-0.05, 0) is 33.6 Å². The van der Waals surface area contributed by atoms with Crippen molar-refractivity contribution >= 4 is 18.0 Å². The lowest BCUT2D eigenvalue weighted by Crippen LogP contribution is -2.33. The van der Waals surface area contributed by atoms with Crippen molar-refractivity contribution in [3.8, 4) is 0 Å². The van der Waals surface area contributed by atoms with Gasteiger partial charge in [-0.2, -0.15) is 0 Å². The summed E-state index contributed by atoms with van der Waals surface area (Å²) in [6.45, 7) is 0. The standard InChI is InChI=1S/C34H29O2P/c35-34(30-20-10-3-11-21-30,31-22-12-4-13-23-31)27-37(36,32-24-14-5-15-25-32)26-33(28-16-6-1-7-17-28)29-18-8-2-9-19-29/h1-26,35H,27H2. The van der Waals surface area contributed by atoms with E-state index in [9.17, 15) is 5.11 Å². The third kappa shape index (κ3) is 5.42. The van der Waals surface area contributed by atoms with Crippen molar-refractivity contribution in [3.63, 3.8) is 0 Å². The van der Waals surface area contributed by atoms with Crippen LogP contribution in [0.2, 0.25) is 0 Å². The molecule has 0 aliphatic heterocycles. The lowest BCUT2D eigenvalue weighted by atomic mass is 9.88. The van der Waals surface area contributed by atoms with Crippen LogP contribution in [0, 0.1) is 0 Å². The van der Waals surface area contributed by atoms with Crippen LogP contribution >= 0.6 is 7.14 Å². The molecule has 1 N–H and O–H groups in total. The van der Waals surface area contributed by atoms with Crippen LogP contribution in [0.15, 0.2) is 157 Å². The van der Waals surface area contributed by atoms with Gasteiger partial charge in [0.05, 0.1) is 0 Å². The zero-order valence-electron chi connectivity index (χ0n) is 20.5. The molecule has 5 aromatic carbocycles. The fourth-order valence-corrected chi connectivity index (χ4v) is 7.63. The molecule has 0 radical (unpaired) electrons. The smallest absolute Gasteiger partial charge is 0.140 e. The molecule has 0 amide bonds. The van der Waals surface area contributed by atoms with Gasteiger partial charge in [0.1, 0.15) is 12.7 Å². The van der Waals surface area contributed by atoms with Gasteiger partial charge in [0, 0.05) is 11.5 Å². The normalized spacial score (nSPS) is 12.9. The Kier molecular flexibility index (Phi) is 7.32. The zero-order valence-corrected chi connectivity index (χ0v) is 21.4. The van der Waals surface area contributed by atoms with Crippen LogP contribution < -0.4 is 5.30 Å². The molecule has 1 unspecified atom stereocenters. The highest BCUT2D eigenvalue weighted by molar-refractivity contribution is 7.74. The molecular formula is C34H29O2P. The Balaban J connectivity index is 1.75. The van der Waals surface area contributed by atoms with Crippen molar-refractivity contribution in [2.45, 2.75) is 5.60 Å². The number of hydrogen-bond donors (Lipinski definition) is 1. The van der Waals surface area contributed by atoms with Gasteiger partial charge in [0.25, 0.3) is 0 Å². The van der Waals surface area contributed by atoms with Crippen molar-refractivity contribution in [2.24, 2.45) is 0 Å². The predicted molar refractivity (Wildman–Crippen MR) is 154 cm³/mol. The second-order valence-electron chi connectivity index (χ2n) is 9.16. The van der Waals surface area contributed by atoms with E-state index in [-0.39, 0.29) is 6.16 Å². The van der Waals surface area contributed by atoms with Crippen LogP contribution in [-0.2, 0) is 10.2 Å². The quantitative estimate of drug-likeness (QED) is 0.222. The summed E-state index contributed by atoms with van der Waals surface area (Å²) in [4.78, 5) is 0. The summed E-state index contributed by atoms with van der Waals surface area (Å²) >= 11 is 0. The van der Waals surface area contributed by atoms with Crippen molar-refractivity contribution in [1.82, 2.24) is 0 Å². The molecular weight excluding hydrogens is 471 g/mol. The molecule has 0 spiro atoms. The molecule has 5 rings (SSSR count). The highest BCUT2D eigenvalue weighted by Crippen LogP contribution is 2.54. The first-order chi connectivity index (χ1) is 18.1. The van der Waals surface area contributed by atoms with E-state index >= 15 is 4.57 Å². The average Bonchev–Trinajstić information content (AvgIpc) is 2.98. The Labute approximate surface area is 219 Å². The summed E-state index contributed by atoms with van der Waals surface area (Å²) in [6.07, 6.45) is 0.0290. The van der Waals surface area contributed by atoms with Crippen LogP contribution in [-0.4, -0.2) is 11.3 Å². The molecule has 0 aliphatic carbocycles. The Morgan fingerprint density at radius 1 is 0.568 bits per heavy atom. The van der Waals surface area contributed by atoms with E-state index in [1.54, 1.807) is 0 Å². The largest absolute Gasteiger partial charge is 0.380 e. The molecule has 0 aliphatic rings. The monoisotopic (exact) mass is 500 g/mol. The third-order valence-corrected chi connectivity index (χ3v) is 9.44. The Bertz CT molecular complexity index is 1420. The van der Waals surface area contributed by atoms with E-state index < -0.39 is 12.7 Å². The maximum absolute atomic E-state index is 15.3. The van der Waals surface area contributed by atoms with Crippen LogP contribution in [0.5, 0.6) is 0 Å². The predicted octanol–water partition coefficient (Wildman–Crippen LogP) is 7.70. The SMILES string of the molecule is O=P(C=C(c1ccccc1)c1ccccc1)(CC(O)(c1ccccc1)c1ccccc1)c1ccccc1. The second-order valence-corrected chi connectivity index (χ2v) is 11.8. The number of rotatable bonds is 8. The molecule has 3 heteroatoms. The first kappa shape index (κ1) is 24.7. The van der Waals surface area contributed by atoms with Crippen molar-refractivity contribution in [3.05, 3.63) is 180 Å². The van der Waals surface area contributed by atoms with Gasteiger partial charge in [-0.15, -0.1) is 0 Å². The third-order valence-electron chi connectivity index (χ3n) is 6.67. The Morgan fingerprint density at radius 3 is 1.32 bits per heavy atom. The summed E-state index contributed by atoms with van der Waals surface area (Å²) in [5.41, 5.74) is 2.82. The molecule has 1 atom stereocenters. The molecule has 0 bridgehead atoms. The minimum absolute atomic E-state index is 0.0290. The second kappa shape index (κ2) is 11.0. The van der Waals surface area contributed by atoms with Crippen LogP contribution in [0.1, 0.15) is 22.3 Å². The number of hydrogen-bond acceptors (Lipinski definition) is 2. The van der Waals surface area contributed by atoms with E-state index in [1.165, 1.54) is 0 Å². The molecule has 5 aromatic rings. The van der Waals surface area contributed by atoms with Gasteiger partial charge in [0.15, 0.2) is 0 Å². The summed E-state index contributed by atoms with van der Waals surface area (Å²) in [7, 11) is -3.32. The summed E-state index contributed by atoms with van der Waals surface area (Å²) < 4.78 is 15.3. The maximum atomic E-state index is 15.3.